The molecular weight excluding hydrogens is 436 g/mol. The number of nitro benzene ring substituents is 1. The predicted octanol–water partition coefficient (Wildman–Crippen LogP) is 5.28. The van der Waals surface area contributed by atoms with Crippen LogP contribution in [0.3, 0.4) is 0 Å². The molecule has 0 radical (unpaired) electrons. The summed E-state index contributed by atoms with van der Waals surface area (Å²) >= 11 is 5.79. The number of benzene rings is 3. The molecule has 0 aliphatic rings. The Morgan fingerprint density at radius 3 is 2.50 bits per heavy atom. The maximum absolute atomic E-state index is 12.5. The normalized spacial score (nSPS) is 10.7. The third kappa shape index (κ3) is 4.17. The average Bonchev–Trinajstić information content (AvgIpc) is 2.79. The summed E-state index contributed by atoms with van der Waals surface area (Å²) in [6.07, 6.45) is 0. The number of carbonyl (C=O) groups is 1. The Labute approximate surface area is 186 Å². The van der Waals surface area contributed by atoms with Gasteiger partial charge >= 0.3 is 0 Å². The van der Waals surface area contributed by atoms with Crippen LogP contribution in [0.25, 0.3) is 22.3 Å². The summed E-state index contributed by atoms with van der Waals surface area (Å²) in [6.45, 7) is 0. The standard InChI is InChI=1S/C23H15ClN2O6/c1-31-16-7-9-21-18(11-16)20(27)12-22(32-21)13-2-5-15(6-3-13)25-23(28)17-8-4-14(24)10-19(17)26(29)30/h2-12H,1H3,(H,25,28). The van der Waals surface area contributed by atoms with Gasteiger partial charge in [0.1, 0.15) is 22.7 Å². The van der Waals surface area contributed by atoms with Gasteiger partial charge in [0.25, 0.3) is 11.6 Å². The number of ether oxygens (including phenoxy) is 1. The van der Waals surface area contributed by atoms with Gasteiger partial charge in [-0.25, -0.2) is 0 Å². The second kappa shape index (κ2) is 8.52. The Kier molecular flexibility index (Phi) is 5.61. The highest BCUT2D eigenvalue weighted by atomic mass is 35.5. The maximum atomic E-state index is 12.5. The second-order valence-electron chi connectivity index (χ2n) is 6.79. The third-order valence-electron chi connectivity index (χ3n) is 4.76. The molecule has 1 amide bonds. The fourth-order valence-electron chi connectivity index (χ4n) is 3.17. The first-order valence-corrected chi connectivity index (χ1v) is 9.71. The Hall–Kier alpha value is -4.17. The largest absolute Gasteiger partial charge is 0.497 e. The molecule has 0 atom stereocenters. The van der Waals surface area contributed by atoms with Gasteiger partial charge in [0, 0.05) is 28.4 Å². The fourth-order valence-corrected chi connectivity index (χ4v) is 3.34. The SMILES string of the molecule is COc1ccc2oc(-c3ccc(NC(=O)c4ccc(Cl)cc4[N+](=O)[O-])cc3)cc(=O)c2c1. The van der Waals surface area contributed by atoms with Crippen LogP contribution in [0.2, 0.25) is 5.02 Å². The molecule has 8 nitrogen and oxygen atoms in total. The highest BCUT2D eigenvalue weighted by Crippen LogP contribution is 2.27. The molecule has 9 heteroatoms. The van der Waals surface area contributed by atoms with E-state index in [-0.39, 0.29) is 21.7 Å². The Morgan fingerprint density at radius 2 is 1.81 bits per heavy atom. The lowest BCUT2D eigenvalue weighted by atomic mass is 10.1. The molecule has 4 rings (SSSR count). The summed E-state index contributed by atoms with van der Waals surface area (Å²) in [5, 5.41) is 14.4. The number of hydrogen-bond donors (Lipinski definition) is 1. The zero-order valence-electron chi connectivity index (χ0n) is 16.6. The van der Waals surface area contributed by atoms with Crippen molar-refractivity contribution in [3.05, 3.63) is 97.7 Å². The van der Waals surface area contributed by atoms with Crippen LogP contribution in [-0.4, -0.2) is 17.9 Å². The number of halogens is 1. The molecule has 0 spiro atoms. The second-order valence-corrected chi connectivity index (χ2v) is 7.22. The van der Waals surface area contributed by atoms with Gasteiger partial charge in [0.15, 0.2) is 5.43 Å². The topological polar surface area (TPSA) is 112 Å². The number of rotatable bonds is 5. The molecule has 160 valence electrons. The molecule has 32 heavy (non-hydrogen) atoms. The Bertz CT molecular complexity index is 1410. The van der Waals surface area contributed by atoms with Crippen LogP contribution in [0.5, 0.6) is 5.75 Å². The van der Waals surface area contributed by atoms with E-state index in [4.69, 9.17) is 20.8 Å². The molecule has 0 unspecified atom stereocenters. The van der Waals surface area contributed by atoms with Crippen molar-refractivity contribution >= 4 is 39.9 Å². The van der Waals surface area contributed by atoms with E-state index in [0.29, 0.717) is 33.7 Å². The summed E-state index contributed by atoms with van der Waals surface area (Å²) in [4.78, 5) is 35.6. The zero-order valence-corrected chi connectivity index (χ0v) is 17.4. The summed E-state index contributed by atoms with van der Waals surface area (Å²) in [6, 6.07) is 16.7. The van der Waals surface area contributed by atoms with Gasteiger partial charge < -0.3 is 14.5 Å². The van der Waals surface area contributed by atoms with E-state index < -0.39 is 10.8 Å². The number of amides is 1. The van der Waals surface area contributed by atoms with Crippen molar-refractivity contribution in [2.45, 2.75) is 0 Å². The molecule has 0 saturated heterocycles. The molecule has 4 aromatic rings. The average molecular weight is 451 g/mol. The van der Waals surface area contributed by atoms with E-state index in [2.05, 4.69) is 5.32 Å². The Morgan fingerprint density at radius 1 is 1.06 bits per heavy atom. The number of nitrogens with zero attached hydrogens (tertiary/aromatic N) is 1. The van der Waals surface area contributed by atoms with Crippen molar-refractivity contribution < 1.29 is 18.9 Å². The lowest BCUT2D eigenvalue weighted by molar-refractivity contribution is -0.385. The molecule has 0 bridgehead atoms. The van der Waals surface area contributed by atoms with E-state index in [0.717, 1.165) is 6.07 Å². The minimum absolute atomic E-state index is 0.112. The number of nitro groups is 1. The molecule has 3 aromatic carbocycles. The van der Waals surface area contributed by atoms with E-state index in [9.17, 15) is 19.7 Å². The zero-order chi connectivity index (χ0) is 22.8. The first kappa shape index (κ1) is 21.1. The lowest BCUT2D eigenvalue weighted by Crippen LogP contribution is -2.13. The molecular formula is C23H15ClN2O6. The van der Waals surface area contributed by atoms with Gasteiger partial charge in [-0.2, -0.15) is 0 Å². The van der Waals surface area contributed by atoms with Crippen LogP contribution in [0, 0.1) is 10.1 Å². The highest BCUT2D eigenvalue weighted by molar-refractivity contribution is 6.31. The van der Waals surface area contributed by atoms with Crippen LogP contribution < -0.4 is 15.5 Å². The lowest BCUT2D eigenvalue weighted by Gasteiger charge is -2.08. The first-order chi connectivity index (χ1) is 15.4. The number of carbonyl (C=O) groups excluding carboxylic acids is 1. The summed E-state index contributed by atoms with van der Waals surface area (Å²) in [7, 11) is 1.52. The van der Waals surface area contributed by atoms with Crippen molar-refractivity contribution in [1.29, 1.82) is 0 Å². The molecule has 1 aromatic heterocycles. The van der Waals surface area contributed by atoms with Crippen molar-refractivity contribution in [3.63, 3.8) is 0 Å². The Balaban J connectivity index is 1.60. The van der Waals surface area contributed by atoms with Crippen molar-refractivity contribution in [1.82, 2.24) is 0 Å². The van der Waals surface area contributed by atoms with Gasteiger partial charge in [-0.05, 0) is 54.6 Å². The third-order valence-corrected chi connectivity index (χ3v) is 5.00. The van der Waals surface area contributed by atoms with Crippen LogP contribution in [-0.2, 0) is 0 Å². The van der Waals surface area contributed by atoms with Crippen molar-refractivity contribution in [3.8, 4) is 17.1 Å². The minimum atomic E-state index is -0.665. The van der Waals surface area contributed by atoms with Gasteiger partial charge in [-0.1, -0.05) is 11.6 Å². The van der Waals surface area contributed by atoms with Gasteiger partial charge in [0.05, 0.1) is 17.4 Å². The maximum Gasteiger partial charge on any atom is 0.283 e. The summed E-state index contributed by atoms with van der Waals surface area (Å²) in [5.74, 6) is 0.268. The van der Waals surface area contributed by atoms with E-state index >= 15 is 0 Å². The predicted molar refractivity (Wildman–Crippen MR) is 121 cm³/mol. The smallest absolute Gasteiger partial charge is 0.283 e. The van der Waals surface area contributed by atoms with E-state index in [1.54, 1.807) is 42.5 Å². The van der Waals surface area contributed by atoms with Crippen molar-refractivity contribution in [2.75, 3.05) is 12.4 Å². The molecule has 0 aliphatic carbocycles. The number of anilines is 1. The number of fused-ring (bicyclic) bond motifs is 1. The van der Waals surface area contributed by atoms with Crippen LogP contribution in [0.15, 0.2) is 75.9 Å². The number of methoxy groups -OCH3 is 1. The van der Waals surface area contributed by atoms with Crippen LogP contribution in [0.1, 0.15) is 10.4 Å². The fraction of sp³-hybridized carbons (Fsp3) is 0.0435. The van der Waals surface area contributed by atoms with Crippen molar-refractivity contribution in [2.24, 2.45) is 0 Å². The van der Waals surface area contributed by atoms with E-state index in [1.165, 1.54) is 25.3 Å². The van der Waals surface area contributed by atoms with Crippen LogP contribution in [0.4, 0.5) is 11.4 Å². The van der Waals surface area contributed by atoms with E-state index in [1.807, 2.05) is 0 Å². The molecule has 0 fully saturated rings. The van der Waals surface area contributed by atoms with Gasteiger partial charge in [0.2, 0.25) is 0 Å². The minimum Gasteiger partial charge on any atom is -0.497 e. The monoisotopic (exact) mass is 450 g/mol. The number of hydrogen-bond acceptors (Lipinski definition) is 6. The van der Waals surface area contributed by atoms with Crippen LogP contribution >= 0.6 is 11.6 Å². The number of nitrogens with one attached hydrogen (secondary N) is 1. The quantitative estimate of drug-likeness (QED) is 0.327. The van der Waals surface area contributed by atoms with Gasteiger partial charge in [-0.15, -0.1) is 0 Å². The molecule has 1 heterocycles. The van der Waals surface area contributed by atoms with Gasteiger partial charge in [-0.3, -0.25) is 19.7 Å². The highest BCUT2D eigenvalue weighted by Gasteiger charge is 2.20. The molecule has 0 aliphatic heterocycles. The molecule has 0 saturated carbocycles. The molecule has 1 N–H and O–H groups in total. The summed E-state index contributed by atoms with van der Waals surface area (Å²) in [5.41, 5.74) is 0.736. The summed E-state index contributed by atoms with van der Waals surface area (Å²) < 4.78 is 11.0. The first-order valence-electron chi connectivity index (χ1n) is 9.33.